The van der Waals surface area contributed by atoms with E-state index in [2.05, 4.69) is 0 Å². The fourth-order valence-corrected chi connectivity index (χ4v) is 3.26. The van der Waals surface area contributed by atoms with Gasteiger partial charge < -0.3 is 4.90 Å². The van der Waals surface area contributed by atoms with Crippen LogP contribution >= 0.6 is 0 Å². The highest BCUT2D eigenvalue weighted by molar-refractivity contribution is 7.89. The minimum absolute atomic E-state index is 0.0267. The Bertz CT molecular complexity index is 378. The van der Waals surface area contributed by atoms with E-state index in [1.165, 1.54) is 0 Å². The lowest BCUT2D eigenvalue weighted by Gasteiger charge is -2.17. The number of nitrogens with two attached hydrogens (primary N) is 1. The molecular weight excluding hydrogens is 240 g/mol. The molecule has 2 N–H and O–H groups in total. The Labute approximate surface area is 103 Å². The average molecular weight is 262 g/mol. The smallest absolute Gasteiger partial charge is 0.222 e. The van der Waals surface area contributed by atoms with Crippen LogP contribution in [-0.2, 0) is 14.8 Å². The maximum Gasteiger partial charge on any atom is 0.222 e. The van der Waals surface area contributed by atoms with Crippen LogP contribution in [0, 0.1) is 17.8 Å². The topological polar surface area (TPSA) is 80.5 Å². The van der Waals surface area contributed by atoms with E-state index >= 15 is 0 Å². The molecule has 1 amide bonds. The van der Waals surface area contributed by atoms with Crippen LogP contribution in [-0.4, -0.2) is 38.1 Å². The molecule has 1 saturated heterocycles. The lowest BCUT2D eigenvalue weighted by atomic mass is 10.0. The summed E-state index contributed by atoms with van der Waals surface area (Å²) in [6, 6.07) is 0. The zero-order valence-corrected chi connectivity index (χ0v) is 11.5. The molecule has 2 atom stereocenters. The Morgan fingerprint density at radius 1 is 1.41 bits per heavy atom. The number of likely N-dealkylation sites (tertiary alicyclic amines) is 1. The Hall–Kier alpha value is -0.620. The van der Waals surface area contributed by atoms with Crippen molar-refractivity contribution in [2.75, 3.05) is 18.8 Å². The summed E-state index contributed by atoms with van der Waals surface area (Å²) in [7, 11) is -3.45. The Balaban J connectivity index is 2.57. The zero-order chi connectivity index (χ0) is 13.2. The normalized spacial score (nSPS) is 25.6. The van der Waals surface area contributed by atoms with Crippen LogP contribution in [0.2, 0.25) is 0 Å². The molecule has 0 aromatic rings. The third kappa shape index (κ3) is 4.63. The zero-order valence-electron chi connectivity index (χ0n) is 10.7. The molecule has 1 rings (SSSR count). The van der Waals surface area contributed by atoms with E-state index in [1.54, 1.807) is 4.90 Å². The van der Waals surface area contributed by atoms with Gasteiger partial charge in [-0.3, -0.25) is 4.79 Å². The third-order valence-corrected chi connectivity index (χ3v) is 4.04. The standard InChI is InChI=1S/C11H22N2O3S/c1-8(2)4-11(14)13-5-9(3)10(6-13)7-17(12,15)16/h8-10H,4-7H2,1-3H3,(H2,12,15,16). The van der Waals surface area contributed by atoms with Gasteiger partial charge in [0.25, 0.3) is 0 Å². The number of amides is 1. The van der Waals surface area contributed by atoms with Crippen LogP contribution in [0.1, 0.15) is 27.2 Å². The molecule has 0 saturated carbocycles. The fraction of sp³-hybridized carbons (Fsp3) is 0.909. The molecule has 17 heavy (non-hydrogen) atoms. The van der Waals surface area contributed by atoms with E-state index in [-0.39, 0.29) is 23.5 Å². The molecule has 6 heteroatoms. The van der Waals surface area contributed by atoms with Gasteiger partial charge in [0.1, 0.15) is 0 Å². The predicted octanol–water partition coefficient (Wildman–Crippen LogP) is 0.416. The second kappa shape index (κ2) is 5.35. The molecule has 1 aliphatic rings. The monoisotopic (exact) mass is 262 g/mol. The van der Waals surface area contributed by atoms with Crippen LogP contribution in [0.25, 0.3) is 0 Å². The lowest BCUT2D eigenvalue weighted by Crippen LogP contribution is -2.31. The molecule has 0 aromatic heterocycles. The molecule has 0 spiro atoms. The Morgan fingerprint density at radius 3 is 2.47 bits per heavy atom. The van der Waals surface area contributed by atoms with Gasteiger partial charge in [-0.2, -0.15) is 0 Å². The quantitative estimate of drug-likeness (QED) is 0.797. The molecule has 0 aromatic carbocycles. The van der Waals surface area contributed by atoms with E-state index in [0.29, 0.717) is 25.4 Å². The molecule has 1 aliphatic heterocycles. The third-order valence-electron chi connectivity index (χ3n) is 3.15. The van der Waals surface area contributed by atoms with Gasteiger partial charge in [-0.05, 0) is 17.8 Å². The van der Waals surface area contributed by atoms with Crippen molar-refractivity contribution in [3.63, 3.8) is 0 Å². The number of carbonyl (C=O) groups excluding carboxylic acids is 1. The van der Waals surface area contributed by atoms with E-state index in [4.69, 9.17) is 5.14 Å². The SMILES string of the molecule is CC(C)CC(=O)N1CC(C)C(CS(N)(=O)=O)C1. The average Bonchev–Trinajstić information content (AvgIpc) is 2.44. The summed E-state index contributed by atoms with van der Waals surface area (Å²) < 4.78 is 22.1. The number of nitrogens with zero attached hydrogens (tertiary/aromatic N) is 1. The first-order valence-corrected chi connectivity index (χ1v) is 7.69. The van der Waals surface area contributed by atoms with Gasteiger partial charge in [-0.1, -0.05) is 20.8 Å². The summed E-state index contributed by atoms with van der Waals surface area (Å²) in [6.07, 6.45) is 0.523. The molecule has 1 fully saturated rings. The fourth-order valence-electron chi connectivity index (χ4n) is 2.23. The van der Waals surface area contributed by atoms with Gasteiger partial charge in [0, 0.05) is 19.5 Å². The van der Waals surface area contributed by atoms with E-state index < -0.39 is 10.0 Å². The maximum atomic E-state index is 11.9. The number of rotatable bonds is 4. The minimum atomic E-state index is -3.45. The van der Waals surface area contributed by atoms with Crippen molar-refractivity contribution in [1.29, 1.82) is 0 Å². The highest BCUT2D eigenvalue weighted by Crippen LogP contribution is 2.25. The van der Waals surface area contributed by atoms with Crippen molar-refractivity contribution in [2.45, 2.75) is 27.2 Å². The Kier molecular flexibility index (Phi) is 4.55. The number of sulfonamides is 1. The second-order valence-electron chi connectivity index (χ2n) is 5.46. The van der Waals surface area contributed by atoms with Crippen molar-refractivity contribution in [2.24, 2.45) is 22.9 Å². The van der Waals surface area contributed by atoms with Gasteiger partial charge >= 0.3 is 0 Å². The molecular formula is C11H22N2O3S. The minimum Gasteiger partial charge on any atom is -0.342 e. The first kappa shape index (κ1) is 14.4. The summed E-state index contributed by atoms with van der Waals surface area (Å²) in [4.78, 5) is 13.6. The summed E-state index contributed by atoms with van der Waals surface area (Å²) in [5.41, 5.74) is 0. The van der Waals surface area contributed by atoms with Gasteiger partial charge in [-0.15, -0.1) is 0 Å². The Morgan fingerprint density at radius 2 is 2.00 bits per heavy atom. The van der Waals surface area contributed by atoms with Crippen molar-refractivity contribution in [1.82, 2.24) is 4.90 Å². The van der Waals surface area contributed by atoms with Crippen molar-refractivity contribution < 1.29 is 13.2 Å². The van der Waals surface area contributed by atoms with Crippen LogP contribution < -0.4 is 5.14 Å². The second-order valence-corrected chi connectivity index (χ2v) is 7.12. The van der Waals surface area contributed by atoms with Crippen molar-refractivity contribution in [3.05, 3.63) is 0 Å². The number of carbonyl (C=O) groups is 1. The maximum absolute atomic E-state index is 11.9. The number of primary sulfonamides is 1. The van der Waals surface area contributed by atoms with Crippen LogP contribution in [0.3, 0.4) is 0 Å². The molecule has 2 unspecified atom stereocenters. The molecule has 0 bridgehead atoms. The van der Waals surface area contributed by atoms with Crippen molar-refractivity contribution >= 4 is 15.9 Å². The molecule has 1 heterocycles. The molecule has 100 valence electrons. The highest BCUT2D eigenvalue weighted by Gasteiger charge is 2.34. The number of hydrogen-bond donors (Lipinski definition) is 1. The van der Waals surface area contributed by atoms with Crippen LogP contribution in [0.5, 0.6) is 0 Å². The predicted molar refractivity (Wildman–Crippen MR) is 66.7 cm³/mol. The highest BCUT2D eigenvalue weighted by atomic mass is 32.2. The summed E-state index contributed by atoms with van der Waals surface area (Å²) in [5, 5.41) is 5.05. The first-order valence-electron chi connectivity index (χ1n) is 5.97. The van der Waals surface area contributed by atoms with Crippen molar-refractivity contribution in [3.8, 4) is 0 Å². The number of hydrogen-bond acceptors (Lipinski definition) is 3. The van der Waals surface area contributed by atoms with Crippen LogP contribution in [0.4, 0.5) is 0 Å². The van der Waals surface area contributed by atoms with Crippen LogP contribution in [0.15, 0.2) is 0 Å². The molecule has 0 radical (unpaired) electrons. The van der Waals surface area contributed by atoms with Gasteiger partial charge in [0.15, 0.2) is 0 Å². The van der Waals surface area contributed by atoms with Gasteiger partial charge in [0.2, 0.25) is 15.9 Å². The van der Waals surface area contributed by atoms with Gasteiger partial charge in [-0.25, -0.2) is 13.6 Å². The largest absolute Gasteiger partial charge is 0.342 e. The van der Waals surface area contributed by atoms with E-state index in [9.17, 15) is 13.2 Å². The molecule has 0 aliphatic carbocycles. The molecule has 5 nitrogen and oxygen atoms in total. The van der Waals surface area contributed by atoms with E-state index in [1.807, 2.05) is 20.8 Å². The van der Waals surface area contributed by atoms with Gasteiger partial charge in [0.05, 0.1) is 5.75 Å². The summed E-state index contributed by atoms with van der Waals surface area (Å²) in [6.45, 7) is 7.13. The van der Waals surface area contributed by atoms with E-state index in [0.717, 1.165) is 0 Å². The lowest BCUT2D eigenvalue weighted by molar-refractivity contribution is -0.131. The summed E-state index contributed by atoms with van der Waals surface area (Å²) >= 11 is 0. The summed E-state index contributed by atoms with van der Waals surface area (Å²) in [5.74, 6) is 0.587. The first-order chi connectivity index (χ1) is 7.69.